The molecule has 1 amide bonds. The van der Waals surface area contributed by atoms with E-state index in [-0.39, 0.29) is 22.8 Å². The summed E-state index contributed by atoms with van der Waals surface area (Å²) in [6, 6.07) is 2.14. The molecule has 0 fully saturated rings. The van der Waals surface area contributed by atoms with Gasteiger partial charge in [-0.2, -0.15) is 10.6 Å². The molecule has 2 rings (SSSR count). The molecule has 1 aliphatic rings. The molecule has 0 saturated heterocycles. The minimum Gasteiger partial charge on any atom is -0.493 e. The molecule has 1 atom stereocenters. The number of carbonyl (C=O) groups is 2. The minimum absolute atomic E-state index is 0.0970. The van der Waals surface area contributed by atoms with Crippen LogP contribution in [0.15, 0.2) is 17.0 Å². The highest BCUT2D eigenvalue weighted by Gasteiger charge is 2.30. The van der Waals surface area contributed by atoms with E-state index in [0.717, 1.165) is 6.26 Å². The van der Waals surface area contributed by atoms with Crippen molar-refractivity contribution < 1.29 is 33.3 Å². The summed E-state index contributed by atoms with van der Waals surface area (Å²) < 4.78 is 30.6. The zero-order valence-corrected chi connectivity index (χ0v) is 15.3. The second-order valence-corrected chi connectivity index (χ2v) is 8.97. The number of carbonyl (C=O) groups excluding carboxylic acids is 1. The fourth-order valence-corrected chi connectivity index (χ4v) is 3.42. The molecule has 4 N–H and O–H groups in total. The number of benzene rings is 1. The highest BCUT2D eigenvalue weighted by atomic mass is 32.3. The van der Waals surface area contributed by atoms with Crippen LogP contribution in [0.3, 0.4) is 0 Å². The van der Waals surface area contributed by atoms with Crippen molar-refractivity contribution in [1.29, 1.82) is 0 Å². The number of carboxylic acids is 1. The number of alkyl carbamates (subject to hydrolysis) is 1. The molecule has 8 nitrogen and oxygen atoms in total. The van der Waals surface area contributed by atoms with Crippen molar-refractivity contribution >= 4 is 22.7 Å². The Morgan fingerprint density at radius 1 is 1.32 bits per heavy atom. The van der Waals surface area contributed by atoms with E-state index in [1.54, 1.807) is 20.8 Å². The maximum atomic E-state index is 12.0. The van der Waals surface area contributed by atoms with Gasteiger partial charge in [0.1, 0.15) is 11.4 Å². The van der Waals surface area contributed by atoms with Gasteiger partial charge in [0.2, 0.25) is 0 Å². The summed E-state index contributed by atoms with van der Waals surface area (Å²) in [6.07, 6.45) is 0.986. The van der Waals surface area contributed by atoms with Gasteiger partial charge in [-0.1, -0.05) is 0 Å². The van der Waals surface area contributed by atoms with E-state index in [2.05, 4.69) is 5.32 Å². The van der Waals surface area contributed by atoms with Gasteiger partial charge >= 0.3 is 12.1 Å². The normalized spacial score (nSPS) is 17.9. The van der Waals surface area contributed by atoms with E-state index in [4.69, 9.17) is 9.47 Å². The molecule has 0 aromatic heterocycles. The van der Waals surface area contributed by atoms with Crippen molar-refractivity contribution in [1.82, 2.24) is 5.32 Å². The SMILES string of the molecule is CC(C)(C)OC(=O)N[C@H]1CCOc2cc(C(=O)O)c(S(C)(O)O)cc21. The number of amides is 1. The molecule has 0 radical (unpaired) electrons. The highest BCUT2D eigenvalue weighted by molar-refractivity contribution is 8.23. The van der Waals surface area contributed by atoms with Crippen LogP contribution in [0.5, 0.6) is 5.75 Å². The Hall–Kier alpha value is -1.97. The number of fused-ring (bicyclic) bond motifs is 1. The van der Waals surface area contributed by atoms with Crippen molar-refractivity contribution in [3.63, 3.8) is 0 Å². The molecule has 25 heavy (non-hydrogen) atoms. The first kappa shape index (κ1) is 19.4. The third-order valence-electron chi connectivity index (χ3n) is 3.49. The van der Waals surface area contributed by atoms with E-state index in [1.165, 1.54) is 12.1 Å². The van der Waals surface area contributed by atoms with Gasteiger partial charge in [-0.3, -0.25) is 9.11 Å². The minimum atomic E-state index is -3.27. The van der Waals surface area contributed by atoms with Gasteiger partial charge in [0, 0.05) is 18.2 Å². The van der Waals surface area contributed by atoms with Crippen LogP contribution in [0.4, 0.5) is 4.79 Å². The molecule has 1 aromatic rings. The molecule has 140 valence electrons. The summed E-state index contributed by atoms with van der Waals surface area (Å²) in [5.74, 6) is -0.998. The van der Waals surface area contributed by atoms with Crippen LogP contribution in [0, 0.1) is 0 Å². The van der Waals surface area contributed by atoms with Crippen LogP contribution < -0.4 is 10.1 Å². The summed E-state index contributed by atoms with van der Waals surface area (Å²) in [5.41, 5.74) is -0.409. The van der Waals surface area contributed by atoms with Gasteiger partial charge in [0.25, 0.3) is 0 Å². The molecule has 0 bridgehead atoms. The number of carboxylic acid groups (broad SMARTS) is 1. The Morgan fingerprint density at radius 2 is 1.96 bits per heavy atom. The largest absolute Gasteiger partial charge is 0.493 e. The second kappa shape index (κ2) is 6.74. The average molecular weight is 373 g/mol. The van der Waals surface area contributed by atoms with Crippen LogP contribution in [0.2, 0.25) is 0 Å². The predicted octanol–water partition coefficient (Wildman–Crippen LogP) is 3.47. The van der Waals surface area contributed by atoms with E-state index < -0.39 is 34.3 Å². The lowest BCUT2D eigenvalue weighted by molar-refractivity contribution is 0.0489. The van der Waals surface area contributed by atoms with E-state index >= 15 is 0 Å². The highest BCUT2D eigenvalue weighted by Crippen LogP contribution is 2.49. The molecule has 1 aromatic carbocycles. The predicted molar refractivity (Wildman–Crippen MR) is 92.7 cm³/mol. The van der Waals surface area contributed by atoms with Crippen molar-refractivity contribution in [3.05, 3.63) is 23.3 Å². The first-order valence-electron chi connectivity index (χ1n) is 7.65. The number of aromatic carboxylic acids is 1. The van der Waals surface area contributed by atoms with Crippen LogP contribution in [-0.4, -0.2) is 44.7 Å². The molecule has 0 spiro atoms. The number of hydrogen-bond donors (Lipinski definition) is 4. The van der Waals surface area contributed by atoms with E-state index in [1.807, 2.05) is 0 Å². The molecule has 9 heteroatoms. The lowest BCUT2D eigenvalue weighted by Gasteiger charge is -2.33. The lowest BCUT2D eigenvalue weighted by atomic mass is 9.99. The Kier molecular flexibility index (Phi) is 5.22. The maximum absolute atomic E-state index is 12.0. The Morgan fingerprint density at radius 3 is 2.48 bits per heavy atom. The van der Waals surface area contributed by atoms with Crippen molar-refractivity contribution in [2.75, 3.05) is 12.9 Å². The summed E-state index contributed by atoms with van der Waals surface area (Å²) in [6.45, 7) is 5.52. The molecule has 1 heterocycles. The van der Waals surface area contributed by atoms with Gasteiger partial charge < -0.3 is 19.9 Å². The standard InChI is InChI=1S/C16H23NO7S/c1-16(2,3)24-15(20)17-11-5-6-23-12-7-10(14(18)19)13(8-9(11)12)25(4,21)22/h7-8,11,21-22H,5-6H2,1-4H3,(H,17,20)(H,18,19)/t11-/m0/s1. The monoisotopic (exact) mass is 373 g/mol. The van der Waals surface area contributed by atoms with Gasteiger partial charge in [-0.25, -0.2) is 9.59 Å². The van der Waals surface area contributed by atoms with Gasteiger partial charge in [-0.15, -0.1) is 0 Å². The van der Waals surface area contributed by atoms with Crippen LogP contribution in [0.1, 0.15) is 49.2 Å². The molecule has 1 aliphatic heterocycles. The van der Waals surface area contributed by atoms with Gasteiger partial charge in [0.05, 0.1) is 23.1 Å². The third kappa shape index (κ3) is 4.77. The molecular weight excluding hydrogens is 350 g/mol. The average Bonchev–Trinajstić information content (AvgIpc) is 2.43. The van der Waals surface area contributed by atoms with Gasteiger partial charge in [0.15, 0.2) is 0 Å². The summed E-state index contributed by atoms with van der Waals surface area (Å²) in [5, 5.41) is 12.0. The van der Waals surface area contributed by atoms with E-state index in [0.29, 0.717) is 12.0 Å². The van der Waals surface area contributed by atoms with Crippen molar-refractivity contribution in [3.8, 4) is 5.75 Å². The fourth-order valence-electron chi connectivity index (χ4n) is 2.50. The first-order valence-corrected chi connectivity index (χ1v) is 9.61. The smallest absolute Gasteiger partial charge is 0.408 e. The zero-order chi connectivity index (χ0) is 19.0. The van der Waals surface area contributed by atoms with Crippen molar-refractivity contribution in [2.24, 2.45) is 0 Å². The number of ether oxygens (including phenoxy) is 2. The molecule has 0 saturated carbocycles. The maximum Gasteiger partial charge on any atom is 0.408 e. The Bertz CT molecular complexity index is 691. The number of nitrogens with one attached hydrogen (secondary N) is 1. The van der Waals surface area contributed by atoms with Crippen LogP contribution >= 0.6 is 10.6 Å². The second-order valence-electron chi connectivity index (χ2n) is 6.86. The van der Waals surface area contributed by atoms with Crippen LogP contribution in [-0.2, 0) is 4.74 Å². The fraction of sp³-hybridized carbons (Fsp3) is 0.500. The number of rotatable bonds is 3. The number of hydrogen-bond acceptors (Lipinski definition) is 6. The van der Waals surface area contributed by atoms with E-state index in [9.17, 15) is 23.8 Å². The molecular formula is C16H23NO7S. The Balaban J connectivity index is 2.40. The summed E-state index contributed by atoms with van der Waals surface area (Å²) in [7, 11) is -3.27. The quantitative estimate of drug-likeness (QED) is 0.639. The van der Waals surface area contributed by atoms with Gasteiger partial charge in [-0.05, 0) is 32.9 Å². The zero-order valence-electron chi connectivity index (χ0n) is 14.5. The summed E-state index contributed by atoms with van der Waals surface area (Å²) in [4.78, 5) is 23.4. The third-order valence-corrected chi connectivity index (χ3v) is 4.66. The van der Waals surface area contributed by atoms with Crippen molar-refractivity contribution in [2.45, 2.75) is 43.7 Å². The topological polar surface area (TPSA) is 125 Å². The summed E-state index contributed by atoms with van der Waals surface area (Å²) >= 11 is 0. The molecule has 0 unspecified atom stereocenters. The first-order chi connectivity index (χ1) is 11.4. The lowest BCUT2D eigenvalue weighted by Crippen LogP contribution is -2.37. The Labute approximate surface area is 147 Å². The molecule has 0 aliphatic carbocycles. The van der Waals surface area contributed by atoms with Crippen LogP contribution in [0.25, 0.3) is 0 Å².